The molecule has 0 aliphatic carbocycles. The number of hydrogen-bond acceptors (Lipinski definition) is 4. The lowest BCUT2D eigenvalue weighted by Crippen LogP contribution is -2.27. The minimum Gasteiger partial charge on any atom is -0.385 e. The van der Waals surface area contributed by atoms with Crippen LogP contribution in [0.15, 0.2) is 59.1 Å². The van der Waals surface area contributed by atoms with Gasteiger partial charge in [0.25, 0.3) is 5.91 Å². The van der Waals surface area contributed by atoms with E-state index in [2.05, 4.69) is 10.5 Å². The molecule has 0 saturated carbocycles. The summed E-state index contributed by atoms with van der Waals surface area (Å²) in [5, 5.41) is 17.5. The predicted molar refractivity (Wildman–Crippen MR) is 99.9 cm³/mol. The van der Waals surface area contributed by atoms with Crippen molar-refractivity contribution < 1.29 is 14.4 Å². The average molecular weight is 371 g/mol. The Hall–Kier alpha value is -2.63. The number of amides is 1. The molecule has 5 nitrogen and oxygen atoms in total. The van der Waals surface area contributed by atoms with Crippen molar-refractivity contribution in [1.29, 1.82) is 0 Å². The molecule has 1 heterocycles. The van der Waals surface area contributed by atoms with Crippen LogP contribution >= 0.6 is 11.6 Å². The van der Waals surface area contributed by atoms with Gasteiger partial charge in [0.1, 0.15) is 17.4 Å². The third-order valence-electron chi connectivity index (χ3n) is 4.09. The van der Waals surface area contributed by atoms with Gasteiger partial charge in [0, 0.05) is 10.6 Å². The molecule has 6 heteroatoms. The summed E-state index contributed by atoms with van der Waals surface area (Å²) in [6.45, 7) is 3.42. The van der Waals surface area contributed by atoms with E-state index < -0.39 is 6.10 Å². The standard InChI is InChI=1S/C20H19ClN2O3/c1-12(14-6-4-3-5-7-14)22-20(25)17-18(23-26-19(17)13(2)24)15-8-10-16(21)11-9-15/h3-13,24H,1-2H3,(H,22,25)/t12-,13+/m1/s1. The minimum atomic E-state index is -0.962. The zero-order chi connectivity index (χ0) is 18.7. The van der Waals surface area contributed by atoms with Crippen LogP contribution in [0.25, 0.3) is 11.3 Å². The fraction of sp³-hybridized carbons (Fsp3) is 0.200. The molecule has 0 bridgehead atoms. The van der Waals surface area contributed by atoms with Crippen LogP contribution < -0.4 is 5.32 Å². The van der Waals surface area contributed by atoms with E-state index in [1.807, 2.05) is 37.3 Å². The summed E-state index contributed by atoms with van der Waals surface area (Å²) in [5.74, 6) is -0.226. The van der Waals surface area contributed by atoms with Crippen LogP contribution in [0.2, 0.25) is 5.02 Å². The molecular weight excluding hydrogens is 352 g/mol. The van der Waals surface area contributed by atoms with E-state index in [0.717, 1.165) is 5.56 Å². The summed E-state index contributed by atoms with van der Waals surface area (Å²) >= 11 is 5.93. The number of hydrogen-bond donors (Lipinski definition) is 2. The first-order valence-corrected chi connectivity index (χ1v) is 8.64. The highest BCUT2D eigenvalue weighted by atomic mass is 35.5. The Morgan fingerprint density at radius 1 is 1.12 bits per heavy atom. The highest BCUT2D eigenvalue weighted by molar-refractivity contribution is 6.30. The van der Waals surface area contributed by atoms with E-state index in [1.165, 1.54) is 6.92 Å². The van der Waals surface area contributed by atoms with Gasteiger partial charge in [-0.2, -0.15) is 0 Å². The van der Waals surface area contributed by atoms with E-state index in [4.69, 9.17) is 16.1 Å². The first-order valence-electron chi connectivity index (χ1n) is 8.26. The highest BCUT2D eigenvalue weighted by Crippen LogP contribution is 2.30. The number of aliphatic hydroxyl groups is 1. The average Bonchev–Trinajstić information content (AvgIpc) is 3.08. The molecule has 0 aliphatic rings. The minimum absolute atomic E-state index is 0.132. The van der Waals surface area contributed by atoms with E-state index >= 15 is 0 Å². The van der Waals surface area contributed by atoms with Crippen LogP contribution in [0, 0.1) is 0 Å². The van der Waals surface area contributed by atoms with Crippen molar-refractivity contribution in [2.45, 2.75) is 26.0 Å². The van der Waals surface area contributed by atoms with Crippen LogP contribution in [-0.2, 0) is 0 Å². The van der Waals surface area contributed by atoms with Crippen LogP contribution in [-0.4, -0.2) is 16.2 Å². The van der Waals surface area contributed by atoms with Crippen molar-refractivity contribution in [2.24, 2.45) is 0 Å². The van der Waals surface area contributed by atoms with Crippen molar-refractivity contribution >= 4 is 17.5 Å². The molecule has 2 atom stereocenters. The molecule has 0 spiro atoms. The fourth-order valence-electron chi connectivity index (χ4n) is 2.71. The quantitative estimate of drug-likeness (QED) is 0.691. The molecule has 2 N–H and O–H groups in total. The third kappa shape index (κ3) is 3.79. The molecule has 1 amide bonds. The summed E-state index contributed by atoms with van der Waals surface area (Å²) in [4.78, 5) is 12.9. The molecule has 1 aromatic heterocycles. The SMILES string of the molecule is C[C@H](O)c1onc(-c2ccc(Cl)cc2)c1C(=O)N[C@H](C)c1ccccc1. The molecule has 3 aromatic rings. The summed E-state index contributed by atoms with van der Waals surface area (Å²) in [5.41, 5.74) is 2.26. The van der Waals surface area contributed by atoms with E-state index in [9.17, 15) is 9.90 Å². The second-order valence-corrected chi connectivity index (χ2v) is 6.50. The van der Waals surface area contributed by atoms with Crippen LogP contribution in [0.5, 0.6) is 0 Å². The second-order valence-electron chi connectivity index (χ2n) is 6.06. The molecule has 3 rings (SSSR count). The molecule has 0 unspecified atom stereocenters. The number of carbonyl (C=O) groups excluding carboxylic acids is 1. The van der Waals surface area contributed by atoms with Gasteiger partial charge in [-0.15, -0.1) is 0 Å². The van der Waals surface area contributed by atoms with Crippen LogP contribution in [0.3, 0.4) is 0 Å². The smallest absolute Gasteiger partial charge is 0.257 e. The van der Waals surface area contributed by atoms with Crippen molar-refractivity contribution in [1.82, 2.24) is 10.5 Å². The Balaban J connectivity index is 1.95. The molecule has 0 saturated heterocycles. The van der Waals surface area contributed by atoms with Gasteiger partial charge in [-0.1, -0.05) is 59.2 Å². The summed E-state index contributed by atoms with van der Waals surface area (Å²) in [6, 6.07) is 16.3. The highest BCUT2D eigenvalue weighted by Gasteiger charge is 2.27. The predicted octanol–water partition coefficient (Wildman–Crippen LogP) is 4.54. The van der Waals surface area contributed by atoms with Crippen molar-refractivity contribution in [2.75, 3.05) is 0 Å². The van der Waals surface area contributed by atoms with Gasteiger partial charge < -0.3 is 14.9 Å². The molecular formula is C20H19ClN2O3. The molecule has 26 heavy (non-hydrogen) atoms. The number of benzene rings is 2. The zero-order valence-corrected chi connectivity index (χ0v) is 15.2. The topological polar surface area (TPSA) is 75.4 Å². The van der Waals surface area contributed by atoms with Gasteiger partial charge in [0.05, 0.1) is 6.04 Å². The van der Waals surface area contributed by atoms with Gasteiger partial charge in [-0.25, -0.2) is 0 Å². The number of nitrogens with zero attached hydrogens (tertiary/aromatic N) is 1. The zero-order valence-electron chi connectivity index (χ0n) is 14.4. The number of nitrogens with one attached hydrogen (secondary N) is 1. The van der Waals surface area contributed by atoms with E-state index in [0.29, 0.717) is 16.3 Å². The van der Waals surface area contributed by atoms with Crippen LogP contribution in [0.1, 0.15) is 47.7 Å². The second kappa shape index (κ2) is 7.72. The van der Waals surface area contributed by atoms with Crippen LogP contribution in [0.4, 0.5) is 0 Å². The Morgan fingerprint density at radius 3 is 2.38 bits per heavy atom. The fourth-order valence-corrected chi connectivity index (χ4v) is 2.83. The number of rotatable bonds is 5. The summed E-state index contributed by atoms with van der Waals surface area (Å²) in [6.07, 6.45) is -0.962. The van der Waals surface area contributed by atoms with Crippen molar-refractivity contribution in [3.63, 3.8) is 0 Å². The lowest BCUT2D eigenvalue weighted by atomic mass is 10.0. The maximum absolute atomic E-state index is 12.9. The Labute approximate surface area is 156 Å². The lowest BCUT2D eigenvalue weighted by molar-refractivity contribution is 0.0927. The molecule has 0 fully saturated rings. The molecule has 0 aliphatic heterocycles. The van der Waals surface area contributed by atoms with E-state index in [-0.39, 0.29) is 23.3 Å². The number of halogens is 1. The molecule has 0 radical (unpaired) electrons. The van der Waals surface area contributed by atoms with E-state index in [1.54, 1.807) is 24.3 Å². The van der Waals surface area contributed by atoms with Crippen molar-refractivity contribution in [3.8, 4) is 11.3 Å². The number of aliphatic hydroxyl groups excluding tert-OH is 1. The largest absolute Gasteiger partial charge is 0.385 e. The lowest BCUT2D eigenvalue weighted by Gasteiger charge is -2.15. The third-order valence-corrected chi connectivity index (χ3v) is 4.34. The van der Waals surface area contributed by atoms with Crippen molar-refractivity contribution in [3.05, 3.63) is 76.5 Å². The Kier molecular flexibility index (Phi) is 5.40. The van der Waals surface area contributed by atoms with Gasteiger partial charge in [-0.3, -0.25) is 4.79 Å². The Morgan fingerprint density at radius 2 is 1.77 bits per heavy atom. The van der Waals surface area contributed by atoms with Gasteiger partial charge in [-0.05, 0) is 31.5 Å². The maximum Gasteiger partial charge on any atom is 0.257 e. The number of aromatic nitrogens is 1. The van der Waals surface area contributed by atoms with Gasteiger partial charge in [0.2, 0.25) is 0 Å². The monoisotopic (exact) mass is 370 g/mol. The summed E-state index contributed by atoms with van der Waals surface area (Å²) in [7, 11) is 0. The molecule has 2 aromatic carbocycles. The Bertz CT molecular complexity index is 889. The summed E-state index contributed by atoms with van der Waals surface area (Å²) < 4.78 is 5.26. The maximum atomic E-state index is 12.9. The van der Waals surface area contributed by atoms with Gasteiger partial charge >= 0.3 is 0 Å². The number of carbonyl (C=O) groups is 1. The van der Waals surface area contributed by atoms with Gasteiger partial charge in [0.15, 0.2) is 5.76 Å². The molecule has 134 valence electrons. The normalized spacial score (nSPS) is 13.2. The first-order chi connectivity index (χ1) is 12.5. The first kappa shape index (κ1) is 18.2.